The van der Waals surface area contributed by atoms with Crippen LogP contribution in [-0.4, -0.2) is 52.1 Å². The molecule has 0 aliphatic rings. The van der Waals surface area contributed by atoms with E-state index in [0.29, 0.717) is 5.56 Å². The summed E-state index contributed by atoms with van der Waals surface area (Å²) < 4.78 is 34.6. The number of benzene rings is 1. The van der Waals surface area contributed by atoms with Crippen LogP contribution >= 0.6 is 0 Å². The van der Waals surface area contributed by atoms with Crippen molar-refractivity contribution in [2.75, 3.05) is 13.7 Å². The van der Waals surface area contributed by atoms with Gasteiger partial charge in [-0.15, -0.1) is 0 Å². The molecule has 144 valence electrons. The van der Waals surface area contributed by atoms with E-state index in [9.17, 15) is 18.4 Å². The lowest BCUT2D eigenvalue weighted by atomic mass is 10.2. The topological polar surface area (TPSA) is 102 Å². The van der Waals surface area contributed by atoms with Crippen LogP contribution in [0, 0.1) is 0 Å². The molecule has 0 bridgehead atoms. The maximum atomic E-state index is 12.4. The average Bonchev–Trinajstić information content (AvgIpc) is 2.63. The zero-order valence-corrected chi connectivity index (χ0v) is 14.6. The molecule has 1 heterocycles. The van der Waals surface area contributed by atoms with E-state index >= 15 is 0 Å². The first kappa shape index (κ1) is 20.0. The Morgan fingerprint density at radius 3 is 2.41 bits per heavy atom. The highest BCUT2D eigenvalue weighted by molar-refractivity contribution is 5.92. The molecule has 2 rings (SSSR count). The number of carboxylic acid groups (broad SMARTS) is 1. The lowest BCUT2D eigenvalue weighted by Gasteiger charge is -2.18. The molecule has 0 aliphatic carbocycles. The smallest absolute Gasteiger partial charge is 0.387 e. The molecule has 0 atom stereocenters. The number of aromatic carboxylic acids is 1. The van der Waals surface area contributed by atoms with Gasteiger partial charge in [0.15, 0.2) is 17.2 Å². The predicted octanol–water partition coefficient (Wildman–Crippen LogP) is 2.45. The van der Waals surface area contributed by atoms with Crippen LogP contribution in [0.2, 0.25) is 0 Å². The largest absolute Gasteiger partial charge is 0.490 e. The van der Waals surface area contributed by atoms with Crippen LogP contribution in [-0.2, 0) is 6.54 Å². The molecule has 1 aromatic heterocycles. The fraction of sp³-hybridized carbons (Fsp3) is 0.294. The Morgan fingerprint density at radius 1 is 1.19 bits per heavy atom. The number of carbonyl (C=O) groups excluding carboxylic acids is 1. The second-order valence-corrected chi connectivity index (χ2v) is 5.35. The van der Waals surface area contributed by atoms with Gasteiger partial charge in [0.2, 0.25) is 0 Å². The lowest BCUT2D eigenvalue weighted by molar-refractivity contribution is -0.0514. The SMILES string of the molecule is CCOc1cc(CN(C)C(=O)c2cnc(C(=O)O)cn2)ccc1OC(F)F. The van der Waals surface area contributed by atoms with Crippen LogP contribution < -0.4 is 9.47 Å². The van der Waals surface area contributed by atoms with E-state index in [1.54, 1.807) is 6.92 Å². The number of hydrogen-bond acceptors (Lipinski definition) is 6. The summed E-state index contributed by atoms with van der Waals surface area (Å²) in [5.41, 5.74) is 0.321. The van der Waals surface area contributed by atoms with Gasteiger partial charge in [-0.2, -0.15) is 8.78 Å². The number of halogens is 2. The predicted molar refractivity (Wildman–Crippen MR) is 89.0 cm³/mol. The normalized spacial score (nSPS) is 10.6. The average molecular weight is 381 g/mol. The molecule has 0 aliphatic heterocycles. The molecule has 1 amide bonds. The Balaban J connectivity index is 2.13. The van der Waals surface area contributed by atoms with Crippen molar-refractivity contribution in [1.29, 1.82) is 0 Å². The maximum absolute atomic E-state index is 12.4. The van der Waals surface area contributed by atoms with Gasteiger partial charge >= 0.3 is 12.6 Å². The van der Waals surface area contributed by atoms with E-state index in [-0.39, 0.29) is 36.0 Å². The van der Waals surface area contributed by atoms with Crippen LogP contribution in [0.4, 0.5) is 8.78 Å². The maximum Gasteiger partial charge on any atom is 0.387 e. The zero-order valence-electron chi connectivity index (χ0n) is 14.6. The number of carboxylic acids is 1. The van der Waals surface area contributed by atoms with E-state index < -0.39 is 18.5 Å². The second kappa shape index (κ2) is 8.88. The van der Waals surface area contributed by atoms with Gasteiger partial charge in [0.05, 0.1) is 19.0 Å². The molecule has 10 heteroatoms. The molecule has 0 saturated carbocycles. The number of nitrogens with zero attached hydrogens (tertiary/aromatic N) is 3. The zero-order chi connectivity index (χ0) is 20.0. The van der Waals surface area contributed by atoms with Crippen molar-refractivity contribution >= 4 is 11.9 Å². The van der Waals surface area contributed by atoms with Crippen molar-refractivity contribution < 1.29 is 33.0 Å². The first-order chi connectivity index (χ1) is 12.8. The Labute approximate surface area is 153 Å². The molecule has 0 radical (unpaired) electrons. The van der Waals surface area contributed by atoms with Crippen molar-refractivity contribution in [2.24, 2.45) is 0 Å². The van der Waals surface area contributed by atoms with Crippen LogP contribution in [0.5, 0.6) is 11.5 Å². The van der Waals surface area contributed by atoms with E-state index in [2.05, 4.69) is 14.7 Å². The minimum absolute atomic E-state index is 0.0230. The van der Waals surface area contributed by atoms with Crippen molar-refractivity contribution in [3.05, 3.63) is 47.5 Å². The minimum Gasteiger partial charge on any atom is -0.490 e. The number of amides is 1. The highest BCUT2D eigenvalue weighted by Crippen LogP contribution is 2.30. The molecule has 0 unspecified atom stereocenters. The summed E-state index contributed by atoms with van der Waals surface area (Å²) in [7, 11) is 1.51. The molecule has 0 spiro atoms. The summed E-state index contributed by atoms with van der Waals surface area (Å²) in [5.74, 6) is -1.68. The van der Waals surface area contributed by atoms with Crippen molar-refractivity contribution in [3.8, 4) is 11.5 Å². The highest BCUT2D eigenvalue weighted by atomic mass is 19.3. The first-order valence-corrected chi connectivity index (χ1v) is 7.83. The monoisotopic (exact) mass is 381 g/mol. The van der Waals surface area contributed by atoms with Crippen molar-refractivity contribution in [1.82, 2.24) is 14.9 Å². The summed E-state index contributed by atoms with van der Waals surface area (Å²) >= 11 is 0. The van der Waals surface area contributed by atoms with E-state index in [1.807, 2.05) is 0 Å². The summed E-state index contributed by atoms with van der Waals surface area (Å²) in [5, 5.41) is 8.80. The van der Waals surface area contributed by atoms with Crippen LogP contribution in [0.3, 0.4) is 0 Å². The molecular formula is C17H17F2N3O5. The quantitative estimate of drug-likeness (QED) is 0.749. The lowest BCUT2D eigenvalue weighted by Crippen LogP contribution is -2.27. The molecule has 2 aromatic rings. The summed E-state index contributed by atoms with van der Waals surface area (Å²) in [6.07, 6.45) is 2.07. The van der Waals surface area contributed by atoms with Gasteiger partial charge in [0, 0.05) is 13.6 Å². The Kier molecular flexibility index (Phi) is 6.58. The van der Waals surface area contributed by atoms with Crippen molar-refractivity contribution in [3.63, 3.8) is 0 Å². The van der Waals surface area contributed by atoms with Gasteiger partial charge in [0.25, 0.3) is 5.91 Å². The van der Waals surface area contributed by atoms with Crippen molar-refractivity contribution in [2.45, 2.75) is 20.1 Å². The second-order valence-electron chi connectivity index (χ2n) is 5.35. The third kappa shape index (κ3) is 5.33. The highest BCUT2D eigenvalue weighted by Gasteiger charge is 2.17. The number of aromatic nitrogens is 2. The number of ether oxygens (including phenoxy) is 2. The number of alkyl halides is 2. The Morgan fingerprint density at radius 2 is 1.85 bits per heavy atom. The minimum atomic E-state index is -2.98. The Hall–Kier alpha value is -3.30. The molecule has 8 nitrogen and oxygen atoms in total. The van der Waals surface area contributed by atoms with Gasteiger partial charge < -0.3 is 19.5 Å². The summed E-state index contributed by atoms with van der Waals surface area (Å²) in [6, 6.07) is 4.37. The van der Waals surface area contributed by atoms with Gasteiger partial charge in [-0.1, -0.05) is 6.07 Å². The van der Waals surface area contributed by atoms with Gasteiger partial charge in [0.1, 0.15) is 5.69 Å². The van der Waals surface area contributed by atoms with Gasteiger partial charge in [-0.05, 0) is 24.6 Å². The van der Waals surface area contributed by atoms with E-state index in [0.717, 1.165) is 12.4 Å². The molecule has 0 fully saturated rings. The van der Waals surface area contributed by atoms with Gasteiger partial charge in [-0.3, -0.25) is 4.79 Å². The Bertz CT molecular complexity index is 815. The molecule has 0 saturated heterocycles. The molecule has 1 aromatic carbocycles. The fourth-order valence-electron chi connectivity index (χ4n) is 2.20. The first-order valence-electron chi connectivity index (χ1n) is 7.83. The third-order valence-electron chi connectivity index (χ3n) is 3.38. The van der Waals surface area contributed by atoms with E-state index in [1.165, 1.54) is 30.1 Å². The summed E-state index contributed by atoms with van der Waals surface area (Å²) in [6.45, 7) is -0.889. The van der Waals surface area contributed by atoms with Crippen LogP contribution in [0.15, 0.2) is 30.6 Å². The molecule has 1 N–H and O–H groups in total. The standard InChI is InChI=1S/C17H17F2N3O5/c1-3-26-14-6-10(4-5-13(14)27-17(18)19)9-22(2)15(23)11-7-21-12(8-20-11)16(24)25/h4-8,17H,3,9H2,1-2H3,(H,24,25). The number of rotatable bonds is 8. The summed E-state index contributed by atoms with van der Waals surface area (Å²) in [4.78, 5) is 31.9. The number of hydrogen-bond donors (Lipinski definition) is 1. The van der Waals surface area contributed by atoms with Crippen LogP contribution in [0.25, 0.3) is 0 Å². The number of carbonyl (C=O) groups is 2. The van der Waals surface area contributed by atoms with E-state index in [4.69, 9.17) is 9.84 Å². The molecule has 27 heavy (non-hydrogen) atoms. The third-order valence-corrected chi connectivity index (χ3v) is 3.38. The fourth-order valence-corrected chi connectivity index (χ4v) is 2.20. The van der Waals surface area contributed by atoms with Gasteiger partial charge in [-0.25, -0.2) is 14.8 Å². The molecular weight excluding hydrogens is 364 g/mol. The van der Waals surface area contributed by atoms with Crippen LogP contribution in [0.1, 0.15) is 33.5 Å².